The molecule has 0 atom stereocenters. The van der Waals surface area contributed by atoms with Gasteiger partial charge >= 0.3 is 11.7 Å². The Hall–Kier alpha value is -3.95. The standard InChI is InChI=1S/C18H17N3O7/c1-12(22)28-15-9-8-13(17(21(24)25)18(15)26-2)10-19-20-16(23)11-27-14-6-4-3-5-7-14/h3-10H,11H2,1-2H3,(H,20,23). The third-order valence-electron chi connectivity index (χ3n) is 3.27. The number of carbonyl (C=O) groups excluding carboxylic acids is 2. The van der Waals surface area contributed by atoms with E-state index in [4.69, 9.17) is 14.2 Å². The third kappa shape index (κ3) is 5.53. The van der Waals surface area contributed by atoms with Crippen molar-refractivity contribution in [3.05, 3.63) is 58.1 Å². The molecule has 10 nitrogen and oxygen atoms in total. The Labute approximate surface area is 159 Å². The predicted molar refractivity (Wildman–Crippen MR) is 98.6 cm³/mol. The van der Waals surface area contributed by atoms with Crippen molar-refractivity contribution in [3.8, 4) is 17.2 Å². The molecule has 0 aliphatic heterocycles. The van der Waals surface area contributed by atoms with Gasteiger partial charge in [-0.05, 0) is 24.3 Å². The number of rotatable bonds is 8. The van der Waals surface area contributed by atoms with E-state index >= 15 is 0 Å². The number of esters is 1. The highest BCUT2D eigenvalue weighted by Crippen LogP contribution is 2.39. The lowest BCUT2D eigenvalue weighted by molar-refractivity contribution is -0.385. The van der Waals surface area contributed by atoms with Crippen LogP contribution < -0.4 is 19.6 Å². The van der Waals surface area contributed by atoms with Crippen molar-refractivity contribution < 1.29 is 28.7 Å². The maximum Gasteiger partial charge on any atom is 0.323 e. The van der Waals surface area contributed by atoms with Crippen LogP contribution in [0.5, 0.6) is 17.2 Å². The highest BCUT2D eigenvalue weighted by molar-refractivity contribution is 5.90. The molecule has 0 aromatic heterocycles. The van der Waals surface area contributed by atoms with Crippen LogP contribution >= 0.6 is 0 Å². The van der Waals surface area contributed by atoms with E-state index in [0.717, 1.165) is 13.1 Å². The summed E-state index contributed by atoms with van der Waals surface area (Å²) in [6, 6.07) is 11.4. The van der Waals surface area contributed by atoms with Crippen LogP contribution in [0.15, 0.2) is 47.6 Å². The van der Waals surface area contributed by atoms with Gasteiger partial charge in [-0.3, -0.25) is 19.7 Å². The third-order valence-corrected chi connectivity index (χ3v) is 3.27. The van der Waals surface area contributed by atoms with Gasteiger partial charge < -0.3 is 14.2 Å². The monoisotopic (exact) mass is 387 g/mol. The molecule has 0 unspecified atom stereocenters. The second-order valence-corrected chi connectivity index (χ2v) is 5.28. The Kier molecular flexibility index (Phi) is 7.03. The van der Waals surface area contributed by atoms with Gasteiger partial charge in [-0.25, -0.2) is 5.43 Å². The van der Waals surface area contributed by atoms with Crippen LogP contribution in [0, 0.1) is 10.1 Å². The van der Waals surface area contributed by atoms with Crippen molar-refractivity contribution in [1.82, 2.24) is 5.43 Å². The number of ether oxygens (including phenoxy) is 3. The summed E-state index contributed by atoms with van der Waals surface area (Å²) < 4.78 is 15.2. The summed E-state index contributed by atoms with van der Waals surface area (Å²) in [5, 5.41) is 15.1. The lowest BCUT2D eigenvalue weighted by atomic mass is 10.1. The highest BCUT2D eigenvalue weighted by atomic mass is 16.6. The Balaban J connectivity index is 2.10. The molecule has 2 aromatic rings. The summed E-state index contributed by atoms with van der Waals surface area (Å²) in [5.74, 6) is -1.02. The van der Waals surface area contributed by atoms with Crippen LogP contribution in [0.2, 0.25) is 0 Å². The summed E-state index contributed by atoms with van der Waals surface area (Å²) in [7, 11) is 1.21. The molecule has 2 rings (SSSR count). The summed E-state index contributed by atoms with van der Waals surface area (Å²) in [6.07, 6.45) is 1.08. The van der Waals surface area contributed by atoms with Crippen LogP contribution in [-0.2, 0) is 9.59 Å². The zero-order chi connectivity index (χ0) is 20.5. The average molecular weight is 387 g/mol. The van der Waals surface area contributed by atoms with Gasteiger partial charge in [-0.2, -0.15) is 5.10 Å². The normalized spacial score (nSPS) is 10.4. The minimum absolute atomic E-state index is 0.0435. The first kappa shape index (κ1) is 20.4. The van der Waals surface area contributed by atoms with Crippen LogP contribution in [0.4, 0.5) is 5.69 Å². The second kappa shape index (κ2) is 9.67. The van der Waals surface area contributed by atoms with E-state index in [1.54, 1.807) is 24.3 Å². The number of hydrogen-bond donors (Lipinski definition) is 1. The van der Waals surface area contributed by atoms with Gasteiger partial charge in [0.25, 0.3) is 5.91 Å². The Bertz CT molecular complexity index is 898. The zero-order valence-corrected chi connectivity index (χ0v) is 15.1. The summed E-state index contributed by atoms with van der Waals surface area (Å²) >= 11 is 0. The molecule has 0 saturated heterocycles. The molecule has 0 saturated carbocycles. The molecule has 0 heterocycles. The van der Waals surface area contributed by atoms with E-state index in [1.165, 1.54) is 19.2 Å². The van der Waals surface area contributed by atoms with Crippen molar-refractivity contribution in [2.24, 2.45) is 5.10 Å². The molecule has 0 bridgehead atoms. The molecule has 0 radical (unpaired) electrons. The molecular weight excluding hydrogens is 370 g/mol. The van der Waals surface area contributed by atoms with Gasteiger partial charge in [0.15, 0.2) is 12.4 Å². The van der Waals surface area contributed by atoms with E-state index < -0.39 is 22.5 Å². The fourth-order valence-corrected chi connectivity index (χ4v) is 2.16. The maximum atomic E-state index is 11.8. The Morgan fingerprint density at radius 1 is 1.21 bits per heavy atom. The fraction of sp³-hybridized carbons (Fsp3) is 0.167. The minimum Gasteiger partial charge on any atom is -0.488 e. The number of nitrogens with zero attached hydrogens (tertiary/aromatic N) is 2. The molecule has 0 spiro atoms. The van der Waals surface area contributed by atoms with Crippen molar-refractivity contribution in [2.75, 3.05) is 13.7 Å². The molecular formula is C18H17N3O7. The first-order chi connectivity index (χ1) is 13.4. The van der Waals surface area contributed by atoms with Crippen molar-refractivity contribution >= 4 is 23.8 Å². The van der Waals surface area contributed by atoms with Crippen molar-refractivity contribution in [3.63, 3.8) is 0 Å². The smallest absolute Gasteiger partial charge is 0.323 e. The number of nitro benzene ring substituents is 1. The minimum atomic E-state index is -0.701. The van der Waals surface area contributed by atoms with Gasteiger partial charge in [-0.1, -0.05) is 18.2 Å². The van der Waals surface area contributed by atoms with Gasteiger partial charge in [0, 0.05) is 6.92 Å². The fourth-order valence-electron chi connectivity index (χ4n) is 2.16. The number of hydrazone groups is 1. The summed E-state index contributed by atoms with van der Waals surface area (Å²) in [6.45, 7) is 0.881. The lowest BCUT2D eigenvalue weighted by Gasteiger charge is -2.09. The van der Waals surface area contributed by atoms with E-state index in [-0.39, 0.29) is 23.7 Å². The van der Waals surface area contributed by atoms with Gasteiger partial charge in [0.1, 0.15) is 5.75 Å². The first-order valence-corrected chi connectivity index (χ1v) is 7.96. The zero-order valence-electron chi connectivity index (χ0n) is 15.1. The molecule has 0 aliphatic carbocycles. The topological polar surface area (TPSA) is 129 Å². The summed E-state index contributed by atoms with van der Waals surface area (Å²) in [4.78, 5) is 33.6. The number of hydrogen-bond acceptors (Lipinski definition) is 8. The molecule has 2 aromatic carbocycles. The van der Waals surface area contributed by atoms with Gasteiger partial charge in [0.05, 0.1) is 23.8 Å². The lowest BCUT2D eigenvalue weighted by Crippen LogP contribution is -2.24. The molecule has 0 aliphatic rings. The number of amides is 1. The van der Waals surface area contributed by atoms with Crippen molar-refractivity contribution in [1.29, 1.82) is 0 Å². The van der Waals surface area contributed by atoms with Crippen molar-refractivity contribution in [2.45, 2.75) is 6.92 Å². The number of carbonyl (C=O) groups is 2. The van der Waals surface area contributed by atoms with E-state index in [0.29, 0.717) is 5.75 Å². The molecule has 10 heteroatoms. The Morgan fingerprint density at radius 2 is 1.93 bits per heavy atom. The molecule has 146 valence electrons. The molecule has 1 N–H and O–H groups in total. The number of benzene rings is 2. The van der Waals surface area contributed by atoms with Gasteiger partial charge in [0.2, 0.25) is 5.75 Å². The van der Waals surface area contributed by atoms with Gasteiger partial charge in [-0.15, -0.1) is 0 Å². The van der Waals surface area contributed by atoms with Crippen LogP contribution in [-0.4, -0.2) is 36.7 Å². The number of nitro groups is 1. The first-order valence-electron chi connectivity index (χ1n) is 7.96. The van der Waals surface area contributed by atoms with Crippen LogP contribution in [0.1, 0.15) is 12.5 Å². The quantitative estimate of drug-likeness (QED) is 0.241. The maximum absolute atomic E-state index is 11.8. The average Bonchev–Trinajstić information content (AvgIpc) is 2.67. The van der Waals surface area contributed by atoms with Crippen LogP contribution in [0.3, 0.4) is 0 Å². The van der Waals surface area contributed by atoms with E-state index in [2.05, 4.69) is 10.5 Å². The van der Waals surface area contributed by atoms with E-state index in [1.807, 2.05) is 6.07 Å². The number of para-hydroxylation sites is 1. The largest absolute Gasteiger partial charge is 0.488 e. The molecule has 1 amide bonds. The highest BCUT2D eigenvalue weighted by Gasteiger charge is 2.25. The molecule has 28 heavy (non-hydrogen) atoms. The number of methoxy groups -OCH3 is 1. The summed E-state index contributed by atoms with van der Waals surface area (Å²) in [5.41, 5.74) is 1.79. The number of nitrogens with one attached hydrogen (secondary N) is 1. The predicted octanol–water partition coefficient (Wildman–Crippen LogP) is 2.06. The molecule has 0 fully saturated rings. The second-order valence-electron chi connectivity index (χ2n) is 5.28. The van der Waals surface area contributed by atoms with Crippen LogP contribution in [0.25, 0.3) is 0 Å². The Morgan fingerprint density at radius 3 is 2.54 bits per heavy atom. The van der Waals surface area contributed by atoms with E-state index in [9.17, 15) is 19.7 Å². The SMILES string of the molecule is COc1c(OC(C)=O)ccc(C=NNC(=O)COc2ccccc2)c1[N+](=O)[O-].